The number of fused-ring (bicyclic) bond motifs is 2. The quantitative estimate of drug-likeness (QED) is 0.597. The average molecular weight is 519 g/mol. The van der Waals surface area contributed by atoms with Crippen LogP contribution in [0.4, 0.5) is 5.13 Å². The van der Waals surface area contributed by atoms with Gasteiger partial charge >= 0.3 is 0 Å². The number of hydrogen-bond donors (Lipinski definition) is 1. The fourth-order valence-corrected chi connectivity index (χ4v) is 9.38. The standard InChI is InChI=1S/C24H30N4O5S2/c1-23(2)16-9-10-24(23,19(29)13-16)14-35(31,32)28-11-5-8-18(28)20(30)25-22-27-26-21(34-22)15-6-4-7-17(12-15)33-3/h4,6-7,12,16,18H,5,8-11,13-14H2,1-3H3,(H,25,27,30). The maximum Gasteiger partial charge on any atom is 0.244 e. The lowest BCUT2D eigenvalue weighted by Crippen LogP contribution is -2.50. The third kappa shape index (κ3) is 3.97. The third-order valence-corrected chi connectivity index (χ3v) is 11.3. The number of sulfonamides is 1. The number of hydrogen-bond acceptors (Lipinski definition) is 8. The number of rotatable bonds is 7. The SMILES string of the molecule is COc1cccc(-c2nnc(NC(=O)C3CCCN3S(=O)(=O)CC34CCC(CC3=O)C4(C)C)s2)c1. The number of nitrogens with one attached hydrogen (secondary N) is 1. The highest BCUT2D eigenvalue weighted by Crippen LogP contribution is 2.64. The summed E-state index contributed by atoms with van der Waals surface area (Å²) >= 11 is 1.21. The van der Waals surface area contributed by atoms with Crippen molar-refractivity contribution in [3.63, 3.8) is 0 Å². The Labute approximate surface area is 209 Å². The summed E-state index contributed by atoms with van der Waals surface area (Å²) in [6.45, 7) is 4.32. The normalized spacial score (nSPS) is 27.9. The molecule has 188 valence electrons. The number of ketones is 1. The second-order valence-corrected chi connectivity index (χ2v) is 13.2. The van der Waals surface area contributed by atoms with E-state index in [9.17, 15) is 18.0 Å². The lowest BCUT2D eigenvalue weighted by atomic mass is 9.70. The first-order valence-corrected chi connectivity index (χ1v) is 14.3. The molecule has 1 aromatic heterocycles. The van der Waals surface area contributed by atoms with Crippen molar-refractivity contribution < 1.29 is 22.7 Å². The number of anilines is 1. The van der Waals surface area contributed by atoms with Crippen molar-refractivity contribution in [3.05, 3.63) is 24.3 Å². The van der Waals surface area contributed by atoms with Crippen molar-refractivity contribution in [2.24, 2.45) is 16.7 Å². The molecule has 3 aliphatic rings. The van der Waals surface area contributed by atoms with Crippen LogP contribution in [0.25, 0.3) is 10.6 Å². The molecule has 2 heterocycles. The average Bonchev–Trinajstić information content (AvgIpc) is 3.57. The van der Waals surface area contributed by atoms with Gasteiger partial charge in [-0.25, -0.2) is 8.42 Å². The summed E-state index contributed by atoms with van der Waals surface area (Å²) < 4.78 is 33.7. The van der Waals surface area contributed by atoms with Crippen LogP contribution in [-0.2, 0) is 19.6 Å². The third-order valence-electron chi connectivity index (χ3n) is 8.40. The van der Waals surface area contributed by atoms with Gasteiger partial charge in [-0.15, -0.1) is 10.2 Å². The number of amides is 1. The summed E-state index contributed by atoms with van der Waals surface area (Å²) in [5.41, 5.74) is -0.395. The Morgan fingerprint density at radius 1 is 1.29 bits per heavy atom. The Kier molecular flexibility index (Phi) is 6.00. The predicted molar refractivity (Wildman–Crippen MR) is 133 cm³/mol. The van der Waals surface area contributed by atoms with Gasteiger partial charge in [0.25, 0.3) is 0 Å². The van der Waals surface area contributed by atoms with E-state index in [4.69, 9.17) is 4.74 Å². The van der Waals surface area contributed by atoms with Crippen molar-refractivity contribution in [1.29, 1.82) is 0 Å². The van der Waals surface area contributed by atoms with E-state index in [1.165, 1.54) is 15.6 Å². The molecular formula is C24H30N4O5S2. The summed E-state index contributed by atoms with van der Waals surface area (Å²) in [4.78, 5) is 26.0. The molecule has 1 aliphatic heterocycles. The Morgan fingerprint density at radius 3 is 2.77 bits per heavy atom. The molecular weight excluding hydrogens is 488 g/mol. The molecule has 0 radical (unpaired) electrons. The van der Waals surface area contributed by atoms with Crippen molar-refractivity contribution in [2.75, 3.05) is 24.7 Å². The number of nitrogens with zero attached hydrogens (tertiary/aromatic N) is 3. The number of aromatic nitrogens is 2. The maximum atomic E-state index is 13.6. The Morgan fingerprint density at radius 2 is 2.09 bits per heavy atom. The van der Waals surface area contributed by atoms with Gasteiger partial charge in [0.15, 0.2) is 0 Å². The fraction of sp³-hybridized carbons (Fsp3) is 0.583. The van der Waals surface area contributed by atoms with Crippen molar-refractivity contribution >= 4 is 38.2 Å². The van der Waals surface area contributed by atoms with Crippen LogP contribution in [0.2, 0.25) is 0 Å². The van der Waals surface area contributed by atoms with Gasteiger partial charge in [-0.1, -0.05) is 37.3 Å². The van der Waals surface area contributed by atoms with Gasteiger partial charge in [0.05, 0.1) is 12.9 Å². The number of carbonyl (C=O) groups excluding carboxylic acids is 2. The van der Waals surface area contributed by atoms with E-state index in [0.29, 0.717) is 41.6 Å². The highest BCUT2D eigenvalue weighted by atomic mass is 32.2. The molecule has 2 aliphatic carbocycles. The molecule has 5 rings (SSSR count). The van der Waals surface area contributed by atoms with Gasteiger partial charge in [-0.2, -0.15) is 4.31 Å². The first-order chi connectivity index (χ1) is 16.6. The van der Waals surface area contributed by atoms with E-state index in [2.05, 4.69) is 15.5 Å². The summed E-state index contributed by atoms with van der Waals surface area (Å²) in [7, 11) is -2.23. The minimum atomic E-state index is -3.82. The van der Waals surface area contributed by atoms with Gasteiger partial charge in [0.2, 0.25) is 21.1 Å². The number of carbonyl (C=O) groups is 2. The highest BCUT2D eigenvalue weighted by Gasteiger charge is 2.66. The number of ether oxygens (including phenoxy) is 1. The Hall–Kier alpha value is -2.37. The van der Waals surface area contributed by atoms with Crippen molar-refractivity contribution in [2.45, 2.75) is 52.0 Å². The first kappa shape index (κ1) is 24.3. The molecule has 1 N–H and O–H groups in total. The van der Waals surface area contributed by atoms with Crippen molar-refractivity contribution in [1.82, 2.24) is 14.5 Å². The lowest BCUT2D eigenvalue weighted by molar-refractivity contribution is -0.128. The zero-order chi connectivity index (χ0) is 25.0. The van der Waals surface area contributed by atoms with Gasteiger partial charge in [0, 0.05) is 23.9 Å². The summed E-state index contributed by atoms with van der Waals surface area (Å²) in [5.74, 6) is 0.344. The van der Waals surface area contributed by atoms with E-state index >= 15 is 0 Å². The molecule has 11 heteroatoms. The van der Waals surface area contributed by atoms with Crippen LogP contribution < -0.4 is 10.1 Å². The monoisotopic (exact) mass is 518 g/mol. The number of methoxy groups -OCH3 is 1. The van der Waals surface area contributed by atoms with E-state index in [0.717, 1.165) is 12.0 Å². The van der Waals surface area contributed by atoms with Crippen molar-refractivity contribution in [3.8, 4) is 16.3 Å². The Bertz CT molecular complexity index is 1270. The van der Waals surface area contributed by atoms with Gasteiger partial charge in [-0.05, 0) is 49.1 Å². The van der Waals surface area contributed by atoms with E-state index in [1.807, 2.05) is 38.1 Å². The summed E-state index contributed by atoms with van der Waals surface area (Å²) in [6.07, 6.45) is 2.96. The first-order valence-electron chi connectivity index (χ1n) is 11.9. The second-order valence-electron chi connectivity index (χ2n) is 10.3. The van der Waals surface area contributed by atoms with Crippen LogP contribution in [-0.4, -0.2) is 60.1 Å². The molecule has 1 saturated heterocycles. The van der Waals surface area contributed by atoms with Crippen LogP contribution in [0.1, 0.15) is 46.0 Å². The molecule has 2 saturated carbocycles. The van der Waals surface area contributed by atoms with Crippen LogP contribution in [0.5, 0.6) is 5.75 Å². The van der Waals surface area contributed by atoms with E-state index < -0.39 is 27.4 Å². The van der Waals surface area contributed by atoms with Crippen LogP contribution in [0.3, 0.4) is 0 Å². The van der Waals surface area contributed by atoms with E-state index in [-0.39, 0.29) is 29.4 Å². The lowest BCUT2D eigenvalue weighted by Gasteiger charge is -2.37. The minimum absolute atomic E-state index is 0.0569. The van der Waals surface area contributed by atoms with Gasteiger partial charge in [-0.3, -0.25) is 14.9 Å². The highest BCUT2D eigenvalue weighted by molar-refractivity contribution is 7.89. The molecule has 0 spiro atoms. The number of benzene rings is 1. The number of Topliss-reactive ketones (excluding diaryl/α,β-unsaturated/α-hetero) is 1. The topological polar surface area (TPSA) is 119 Å². The molecule has 3 fully saturated rings. The zero-order valence-corrected chi connectivity index (χ0v) is 21.7. The molecule has 3 atom stereocenters. The summed E-state index contributed by atoms with van der Waals surface area (Å²) in [5, 5.41) is 11.9. The summed E-state index contributed by atoms with van der Waals surface area (Å²) in [6, 6.07) is 6.55. The van der Waals surface area contributed by atoms with Crippen LogP contribution >= 0.6 is 11.3 Å². The Balaban J connectivity index is 1.31. The second kappa shape index (κ2) is 8.63. The van der Waals surface area contributed by atoms with Gasteiger partial charge in [0.1, 0.15) is 22.6 Å². The molecule has 1 amide bonds. The molecule has 3 unspecified atom stereocenters. The van der Waals surface area contributed by atoms with E-state index in [1.54, 1.807) is 7.11 Å². The minimum Gasteiger partial charge on any atom is -0.497 e. The molecule has 2 aromatic rings. The molecule has 1 aromatic carbocycles. The zero-order valence-electron chi connectivity index (χ0n) is 20.1. The fourth-order valence-electron chi connectivity index (χ4n) is 6.17. The van der Waals surface area contributed by atoms with Gasteiger partial charge < -0.3 is 4.74 Å². The molecule has 9 nitrogen and oxygen atoms in total. The molecule has 2 bridgehead atoms. The van der Waals surface area contributed by atoms with Crippen LogP contribution in [0, 0.1) is 16.7 Å². The molecule has 35 heavy (non-hydrogen) atoms. The predicted octanol–water partition coefficient (Wildman–Crippen LogP) is 3.34. The smallest absolute Gasteiger partial charge is 0.244 e. The van der Waals surface area contributed by atoms with Crippen LogP contribution in [0.15, 0.2) is 24.3 Å². The largest absolute Gasteiger partial charge is 0.497 e. The maximum absolute atomic E-state index is 13.6.